The van der Waals surface area contributed by atoms with Crippen LogP contribution in [0.25, 0.3) is 32.3 Å². The third-order valence-corrected chi connectivity index (χ3v) is 3.91. The molecular weight excluding hydrogens is 248 g/mol. The van der Waals surface area contributed by atoms with E-state index in [-0.39, 0.29) is 5.97 Å². The predicted molar refractivity (Wildman–Crippen MR) is 81.5 cm³/mol. The Morgan fingerprint density at radius 3 is 2.25 bits per heavy atom. The predicted octanol–water partition coefficient (Wildman–Crippen LogP) is 4.37. The van der Waals surface area contributed by atoms with Gasteiger partial charge in [-0.1, -0.05) is 48.5 Å². The molecule has 0 amide bonds. The average molecular weight is 260 g/mol. The van der Waals surface area contributed by atoms with Gasteiger partial charge < -0.3 is 4.74 Å². The quantitative estimate of drug-likeness (QED) is 0.375. The number of rotatable bonds is 1. The highest BCUT2D eigenvalue weighted by molar-refractivity contribution is 6.26. The van der Waals surface area contributed by atoms with E-state index in [0.29, 0.717) is 5.56 Å². The van der Waals surface area contributed by atoms with Crippen molar-refractivity contribution in [2.24, 2.45) is 0 Å². The normalized spacial score (nSPS) is 11.4. The van der Waals surface area contributed by atoms with E-state index in [9.17, 15) is 4.79 Å². The van der Waals surface area contributed by atoms with Crippen LogP contribution in [0.15, 0.2) is 54.6 Å². The highest BCUT2D eigenvalue weighted by atomic mass is 16.5. The van der Waals surface area contributed by atoms with Crippen LogP contribution in [0.1, 0.15) is 10.4 Å². The summed E-state index contributed by atoms with van der Waals surface area (Å²) in [5.41, 5.74) is 0.629. The van der Waals surface area contributed by atoms with Crippen LogP contribution in [0.4, 0.5) is 0 Å². The SMILES string of the molecule is COC(=O)c1cc2cccc3ccc4cccc1c4c32. The van der Waals surface area contributed by atoms with Gasteiger partial charge in [-0.3, -0.25) is 0 Å². The van der Waals surface area contributed by atoms with E-state index in [1.165, 1.54) is 17.9 Å². The van der Waals surface area contributed by atoms with Crippen LogP contribution in [0.2, 0.25) is 0 Å². The van der Waals surface area contributed by atoms with Gasteiger partial charge in [0, 0.05) is 0 Å². The molecule has 4 rings (SSSR count). The van der Waals surface area contributed by atoms with Crippen molar-refractivity contribution in [3.05, 3.63) is 60.2 Å². The zero-order valence-corrected chi connectivity index (χ0v) is 11.0. The molecule has 0 aliphatic heterocycles. The lowest BCUT2D eigenvalue weighted by molar-refractivity contribution is 0.0603. The van der Waals surface area contributed by atoms with Crippen molar-refractivity contribution in [1.29, 1.82) is 0 Å². The van der Waals surface area contributed by atoms with E-state index in [1.54, 1.807) is 0 Å². The lowest BCUT2D eigenvalue weighted by Gasteiger charge is -2.13. The van der Waals surface area contributed by atoms with Crippen molar-refractivity contribution >= 4 is 38.3 Å². The van der Waals surface area contributed by atoms with Gasteiger partial charge >= 0.3 is 5.97 Å². The Morgan fingerprint density at radius 2 is 1.50 bits per heavy atom. The molecule has 0 fully saturated rings. The fourth-order valence-electron chi connectivity index (χ4n) is 3.04. The first kappa shape index (κ1) is 11.2. The van der Waals surface area contributed by atoms with Gasteiger partial charge in [-0.2, -0.15) is 0 Å². The van der Waals surface area contributed by atoms with Crippen LogP contribution in [0.3, 0.4) is 0 Å². The molecule has 4 aromatic rings. The minimum absolute atomic E-state index is 0.288. The molecule has 0 N–H and O–H groups in total. The van der Waals surface area contributed by atoms with Crippen LogP contribution in [-0.4, -0.2) is 13.1 Å². The van der Waals surface area contributed by atoms with Crippen LogP contribution < -0.4 is 0 Å². The Labute approximate surface area is 115 Å². The number of carbonyl (C=O) groups is 1. The number of ether oxygens (including phenoxy) is 1. The minimum Gasteiger partial charge on any atom is -0.465 e. The van der Waals surface area contributed by atoms with Crippen molar-refractivity contribution in [3.8, 4) is 0 Å². The zero-order chi connectivity index (χ0) is 13.7. The molecule has 0 aromatic heterocycles. The number of esters is 1. The Hall–Kier alpha value is -2.61. The molecule has 0 radical (unpaired) electrons. The molecule has 0 heterocycles. The molecular formula is C18H12O2. The second kappa shape index (κ2) is 3.94. The number of methoxy groups -OCH3 is 1. The van der Waals surface area contributed by atoms with E-state index in [1.807, 2.05) is 30.3 Å². The molecule has 0 saturated carbocycles. The Balaban J connectivity index is 2.34. The van der Waals surface area contributed by atoms with Crippen molar-refractivity contribution in [2.75, 3.05) is 7.11 Å². The van der Waals surface area contributed by atoms with Gasteiger partial charge in [0.05, 0.1) is 12.7 Å². The summed E-state index contributed by atoms with van der Waals surface area (Å²) < 4.78 is 4.92. The number of benzene rings is 4. The fraction of sp³-hybridized carbons (Fsp3) is 0.0556. The maximum absolute atomic E-state index is 12.0. The molecule has 0 unspecified atom stereocenters. The van der Waals surface area contributed by atoms with Crippen molar-refractivity contribution in [1.82, 2.24) is 0 Å². The lowest BCUT2D eigenvalue weighted by Crippen LogP contribution is -2.02. The Kier molecular flexibility index (Phi) is 2.21. The molecule has 0 aliphatic carbocycles. The summed E-state index contributed by atoms with van der Waals surface area (Å²) in [5.74, 6) is -0.288. The molecule has 20 heavy (non-hydrogen) atoms. The maximum Gasteiger partial charge on any atom is 0.338 e. The molecule has 2 heteroatoms. The largest absolute Gasteiger partial charge is 0.465 e. The van der Waals surface area contributed by atoms with Gasteiger partial charge in [0.1, 0.15) is 0 Å². The number of carbonyl (C=O) groups excluding carboxylic acids is 1. The Bertz CT molecular complexity index is 953. The van der Waals surface area contributed by atoms with Gasteiger partial charge in [0.15, 0.2) is 0 Å². The molecule has 0 bridgehead atoms. The van der Waals surface area contributed by atoms with Crippen LogP contribution in [-0.2, 0) is 4.74 Å². The number of hydrogen-bond donors (Lipinski definition) is 0. The number of hydrogen-bond acceptors (Lipinski definition) is 2. The standard InChI is InChI=1S/C18H12O2/c1-20-18(19)15-10-13-6-2-4-11-8-9-12-5-3-7-14(15)17(12)16(11)13/h2-10H,1H3. The van der Waals surface area contributed by atoms with Gasteiger partial charge in [-0.25, -0.2) is 4.79 Å². The molecule has 0 saturated heterocycles. The second-order valence-corrected chi connectivity index (χ2v) is 4.96. The molecule has 0 spiro atoms. The maximum atomic E-state index is 12.0. The van der Waals surface area contributed by atoms with Gasteiger partial charge in [-0.05, 0) is 38.4 Å². The monoisotopic (exact) mass is 260 g/mol. The summed E-state index contributed by atoms with van der Waals surface area (Å²) in [6, 6.07) is 18.4. The third kappa shape index (κ3) is 1.36. The van der Waals surface area contributed by atoms with Crippen molar-refractivity contribution < 1.29 is 9.53 Å². The summed E-state index contributed by atoms with van der Waals surface area (Å²) in [4.78, 5) is 12.0. The molecule has 4 aromatic carbocycles. The van der Waals surface area contributed by atoms with E-state index in [4.69, 9.17) is 4.74 Å². The van der Waals surface area contributed by atoms with Crippen molar-refractivity contribution in [2.45, 2.75) is 0 Å². The molecule has 0 atom stereocenters. The molecule has 96 valence electrons. The summed E-state index contributed by atoms with van der Waals surface area (Å²) in [5, 5.41) is 6.74. The summed E-state index contributed by atoms with van der Waals surface area (Å²) in [6.07, 6.45) is 0. The first-order valence-corrected chi connectivity index (χ1v) is 6.54. The smallest absolute Gasteiger partial charge is 0.338 e. The first-order valence-electron chi connectivity index (χ1n) is 6.54. The van der Waals surface area contributed by atoms with Gasteiger partial charge in [0.25, 0.3) is 0 Å². The fourth-order valence-corrected chi connectivity index (χ4v) is 3.04. The topological polar surface area (TPSA) is 26.3 Å². The van der Waals surface area contributed by atoms with E-state index >= 15 is 0 Å². The third-order valence-electron chi connectivity index (χ3n) is 3.91. The molecule has 0 aliphatic rings. The minimum atomic E-state index is -0.288. The van der Waals surface area contributed by atoms with Crippen LogP contribution >= 0.6 is 0 Å². The van der Waals surface area contributed by atoms with Crippen molar-refractivity contribution in [3.63, 3.8) is 0 Å². The van der Waals surface area contributed by atoms with E-state index in [0.717, 1.165) is 21.5 Å². The molecule has 2 nitrogen and oxygen atoms in total. The average Bonchev–Trinajstić information content (AvgIpc) is 2.51. The van der Waals surface area contributed by atoms with Crippen LogP contribution in [0, 0.1) is 0 Å². The van der Waals surface area contributed by atoms with E-state index < -0.39 is 0 Å². The second-order valence-electron chi connectivity index (χ2n) is 4.96. The zero-order valence-electron chi connectivity index (χ0n) is 11.0. The highest BCUT2D eigenvalue weighted by Crippen LogP contribution is 2.36. The summed E-state index contributed by atoms with van der Waals surface area (Å²) in [7, 11) is 1.42. The van der Waals surface area contributed by atoms with Gasteiger partial charge in [0.2, 0.25) is 0 Å². The Morgan fingerprint density at radius 1 is 0.850 bits per heavy atom. The lowest BCUT2D eigenvalue weighted by atomic mass is 9.91. The summed E-state index contributed by atoms with van der Waals surface area (Å²) >= 11 is 0. The first-order chi connectivity index (χ1) is 9.79. The summed E-state index contributed by atoms with van der Waals surface area (Å²) in [6.45, 7) is 0. The van der Waals surface area contributed by atoms with Crippen LogP contribution in [0.5, 0.6) is 0 Å². The highest BCUT2D eigenvalue weighted by Gasteiger charge is 2.15. The van der Waals surface area contributed by atoms with Gasteiger partial charge in [-0.15, -0.1) is 0 Å². The van der Waals surface area contributed by atoms with E-state index in [2.05, 4.69) is 24.3 Å².